The molecule has 0 unspecified atom stereocenters. The lowest BCUT2D eigenvalue weighted by Crippen LogP contribution is -1.99. The molecule has 0 aliphatic carbocycles. The molecule has 3 heteroatoms. The summed E-state index contributed by atoms with van der Waals surface area (Å²) in [6, 6.07) is 0. The van der Waals surface area contributed by atoms with Crippen LogP contribution in [0.1, 0.15) is 26.2 Å². The summed E-state index contributed by atoms with van der Waals surface area (Å²) in [6.45, 7) is 5.48. The first-order valence-corrected chi connectivity index (χ1v) is 3.64. The van der Waals surface area contributed by atoms with Gasteiger partial charge in [0.15, 0.2) is 0 Å². The first-order valence-electron chi connectivity index (χ1n) is 3.64. The Morgan fingerprint density at radius 3 is 2.73 bits per heavy atom. The molecule has 0 N–H and O–H groups in total. The molecule has 0 saturated heterocycles. The van der Waals surface area contributed by atoms with Gasteiger partial charge in [-0.1, -0.05) is 6.58 Å². The van der Waals surface area contributed by atoms with Crippen LogP contribution >= 0.6 is 0 Å². The summed E-state index contributed by atoms with van der Waals surface area (Å²) < 4.78 is 0. The van der Waals surface area contributed by atoms with E-state index in [0.29, 0.717) is 6.42 Å². The highest BCUT2D eigenvalue weighted by Crippen LogP contribution is 2.03. The number of nitrogens with zero attached hydrogens (tertiary/aromatic N) is 1. The number of nitro groups is 1. The van der Waals surface area contributed by atoms with Crippen molar-refractivity contribution in [2.75, 3.05) is 6.54 Å². The van der Waals surface area contributed by atoms with E-state index in [1.165, 1.54) is 0 Å². The van der Waals surface area contributed by atoms with Crippen molar-refractivity contribution in [1.82, 2.24) is 0 Å². The zero-order valence-electron chi connectivity index (χ0n) is 6.80. The Bertz CT molecular complexity index is 181. The van der Waals surface area contributed by atoms with Crippen molar-refractivity contribution < 1.29 is 4.92 Å². The molecule has 0 bridgehead atoms. The van der Waals surface area contributed by atoms with Crippen LogP contribution < -0.4 is 0 Å². The van der Waals surface area contributed by atoms with Crippen molar-refractivity contribution in [3.8, 4) is 0 Å². The molecule has 0 amide bonds. The summed E-state index contributed by atoms with van der Waals surface area (Å²) in [7, 11) is 0. The number of hydrogen-bond donors (Lipinski definition) is 0. The zero-order valence-corrected chi connectivity index (χ0v) is 6.80. The van der Waals surface area contributed by atoms with Crippen molar-refractivity contribution in [2.45, 2.75) is 26.2 Å². The summed E-state index contributed by atoms with van der Waals surface area (Å²) in [6.07, 6.45) is 2.37. The van der Waals surface area contributed by atoms with Gasteiger partial charge in [0.1, 0.15) is 0 Å². The van der Waals surface area contributed by atoms with Gasteiger partial charge in [-0.15, -0.1) is 5.73 Å². The highest BCUT2D eigenvalue weighted by atomic mass is 16.6. The summed E-state index contributed by atoms with van der Waals surface area (Å²) in [5.41, 5.74) is 3.83. The third-order valence-electron chi connectivity index (χ3n) is 1.44. The van der Waals surface area contributed by atoms with Crippen LogP contribution in [0.4, 0.5) is 0 Å². The van der Waals surface area contributed by atoms with Crippen LogP contribution in [0.2, 0.25) is 0 Å². The average molecular weight is 155 g/mol. The predicted molar refractivity (Wildman–Crippen MR) is 44.0 cm³/mol. The molecular formula is C8H13NO2. The predicted octanol–water partition coefficient (Wildman–Crippen LogP) is 2.16. The quantitative estimate of drug-likeness (QED) is 0.264. The van der Waals surface area contributed by atoms with E-state index in [4.69, 9.17) is 0 Å². The smallest absolute Gasteiger partial charge is 0.203 e. The normalized spacial score (nSPS) is 8.82. The van der Waals surface area contributed by atoms with Gasteiger partial charge in [0.05, 0.1) is 0 Å². The lowest BCUT2D eigenvalue weighted by Gasteiger charge is -1.94. The molecule has 0 aromatic rings. The summed E-state index contributed by atoms with van der Waals surface area (Å²) >= 11 is 0. The molecule has 0 spiro atoms. The van der Waals surface area contributed by atoms with Crippen molar-refractivity contribution >= 4 is 0 Å². The Balaban J connectivity index is 3.28. The third-order valence-corrected chi connectivity index (χ3v) is 1.44. The molecule has 0 aromatic heterocycles. The SMILES string of the molecule is C=C=C(C)CCCC[N+](=O)[O-]. The van der Waals surface area contributed by atoms with Crippen LogP contribution in [0, 0.1) is 10.1 Å². The van der Waals surface area contributed by atoms with Crippen LogP contribution in [-0.4, -0.2) is 11.5 Å². The Hall–Kier alpha value is -1.08. The maximum atomic E-state index is 9.88. The number of hydrogen-bond acceptors (Lipinski definition) is 2. The fourth-order valence-corrected chi connectivity index (χ4v) is 0.719. The molecular weight excluding hydrogens is 142 g/mol. The van der Waals surface area contributed by atoms with E-state index in [1.807, 2.05) is 6.92 Å². The molecule has 3 nitrogen and oxygen atoms in total. The number of unbranched alkanes of at least 4 members (excludes halogenated alkanes) is 1. The topological polar surface area (TPSA) is 43.1 Å². The van der Waals surface area contributed by atoms with Gasteiger partial charge in [-0.2, -0.15) is 0 Å². The zero-order chi connectivity index (χ0) is 8.69. The Morgan fingerprint density at radius 1 is 1.64 bits per heavy atom. The molecule has 0 fully saturated rings. The molecule has 0 aliphatic rings. The molecule has 0 aliphatic heterocycles. The second-order valence-corrected chi connectivity index (χ2v) is 2.47. The molecule has 0 aromatic carbocycles. The molecule has 0 saturated carbocycles. The van der Waals surface area contributed by atoms with Gasteiger partial charge < -0.3 is 0 Å². The Morgan fingerprint density at radius 2 is 2.27 bits per heavy atom. The van der Waals surface area contributed by atoms with Gasteiger partial charge in [-0.3, -0.25) is 10.1 Å². The van der Waals surface area contributed by atoms with Gasteiger partial charge in [-0.05, 0) is 25.3 Å². The molecule has 0 atom stereocenters. The van der Waals surface area contributed by atoms with E-state index in [9.17, 15) is 10.1 Å². The van der Waals surface area contributed by atoms with E-state index in [2.05, 4.69) is 12.3 Å². The average Bonchev–Trinajstić information content (AvgIpc) is 1.97. The van der Waals surface area contributed by atoms with Gasteiger partial charge in [0.25, 0.3) is 0 Å². The van der Waals surface area contributed by atoms with Crippen molar-refractivity contribution in [2.24, 2.45) is 0 Å². The largest absolute Gasteiger partial charge is 0.265 e. The highest BCUT2D eigenvalue weighted by molar-refractivity contribution is 4.93. The van der Waals surface area contributed by atoms with Gasteiger partial charge >= 0.3 is 0 Å². The molecule has 11 heavy (non-hydrogen) atoms. The standard InChI is InChI=1S/C8H13NO2/c1-3-8(2)6-4-5-7-9(10)11/h1,4-7H2,2H3. The lowest BCUT2D eigenvalue weighted by atomic mass is 10.1. The van der Waals surface area contributed by atoms with Crippen LogP contribution in [0.15, 0.2) is 17.9 Å². The third kappa shape index (κ3) is 6.81. The fourth-order valence-electron chi connectivity index (χ4n) is 0.719. The number of allylic oxidation sites excluding steroid dienone is 1. The van der Waals surface area contributed by atoms with E-state index in [0.717, 1.165) is 18.4 Å². The summed E-state index contributed by atoms with van der Waals surface area (Å²) in [5.74, 6) is 0. The molecule has 62 valence electrons. The van der Waals surface area contributed by atoms with Gasteiger partial charge in [0.2, 0.25) is 6.54 Å². The monoisotopic (exact) mass is 155 g/mol. The van der Waals surface area contributed by atoms with E-state index >= 15 is 0 Å². The van der Waals surface area contributed by atoms with Gasteiger partial charge in [0, 0.05) is 11.3 Å². The Kier molecular flexibility index (Phi) is 5.13. The van der Waals surface area contributed by atoms with E-state index < -0.39 is 0 Å². The van der Waals surface area contributed by atoms with Crippen LogP contribution in [-0.2, 0) is 0 Å². The van der Waals surface area contributed by atoms with Crippen LogP contribution in [0.3, 0.4) is 0 Å². The maximum Gasteiger partial charge on any atom is 0.203 e. The maximum absolute atomic E-state index is 9.88. The van der Waals surface area contributed by atoms with Gasteiger partial charge in [-0.25, -0.2) is 0 Å². The second kappa shape index (κ2) is 5.69. The molecule has 0 heterocycles. The minimum Gasteiger partial charge on any atom is -0.265 e. The first kappa shape index (κ1) is 9.92. The highest BCUT2D eigenvalue weighted by Gasteiger charge is 1.96. The van der Waals surface area contributed by atoms with Crippen LogP contribution in [0.5, 0.6) is 0 Å². The molecule has 0 rings (SSSR count). The minimum atomic E-state index is -0.285. The van der Waals surface area contributed by atoms with E-state index in [1.54, 1.807) is 0 Å². The lowest BCUT2D eigenvalue weighted by molar-refractivity contribution is -0.480. The molecule has 0 radical (unpaired) electrons. The Labute approximate surface area is 66.6 Å². The minimum absolute atomic E-state index is 0.0738. The second-order valence-electron chi connectivity index (χ2n) is 2.47. The number of rotatable bonds is 5. The fraction of sp³-hybridized carbons (Fsp3) is 0.625. The van der Waals surface area contributed by atoms with Crippen molar-refractivity contribution in [3.63, 3.8) is 0 Å². The van der Waals surface area contributed by atoms with Crippen LogP contribution in [0.25, 0.3) is 0 Å². The summed E-state index contributed by atoms with van der Waals surface area (Å²) in [4.78, 5) is 9.60. The summed E-state index contributed by atoms with van der Waals surface area (Å²) in [5, 5.41) is 9.88. The van der Waals surface area contributed by atoms with Crippen molar-refractivity contribution in [3.05, 3.63) is 28.0 Å². The van der Waals surface area contributed by atoms with Crippen molar-refractivity contribution in [1.29, 1.82) is 0 Å². The van der Waals surface area contributed by atoms with E-state index in [-0.39, 0.29) is 11.5 Å². The first-order chi connectivity index (χ1) is 5.16.